The third-order valence-corrected chi connectivity index (χ3v) is 4.39. The molecule has 1 spiro atoms. The highest BCUT2D eigenvalue weighted by atomic mass is 14.8. The lowest BCUT2D eigenvalue weighted by Crippen LogP contribution is -2.00. The van der Waals surface area contributed by atoms with Crippen LogP contribution in [0.1, 0.15) is 46.5 Å². The van der Waals surface area contributed by atoms with Gasteiger partial charge in [0, 0.05) is 0 Å². The van der Waals surface area contributed by atoms with Crippen LogP contribution in [0.4, 0.5) is 0 Å². The van der Waals surface area contributed by atoms with Crippen LogP contribution in [0.15, 0.2) is 0 Å². The topological polar surface area (TPSA) is 0 Å². The lowest BCUT2D eigenvalue weighted by Gasteiger charge is -2.10. The second-order valence-electron chi connectivity index (χ2n) is 4.43. The molecule has 0 aliphatic heterocycles. The molecule has 0 radical (unpaired) electrons. The summed E-state index contributed by atoms with van der Waals surface area (Å²) < 4.78 is 0. The van der Waals surface area contributed by atoms with E-state index < -0.39 is 0 Å². The van der Waals surface area contributed by atoms with Crippen molar-refractivity contribution in [2.75, 3.05) is 0 Å². The monoisotopic (exact) mass is 138 g/mol. The van der Waals surface area contributed by atoms with Gasteiger partial charge in [-0.25, -0.2) is 0 Å². The van der Waals surface area contributed by atoms with E-state index in [4.69, 9.17) is 0 Å². The largest absolute Gasteiger partial charge is 0.0648 e. The maximum atomic E-state index is 2.42. The summed E-state index contributed by atoms with van der Waals surface area (Å²) in [6.45, 7) is 7.15. The van der Waals surface area contributed by atoms with Gasteiger partial charge in [0.25, 0.3) is 0 Å². The smallest absolute Gasteiger partial charge is 0.0207 e. The Morgan fingerprint density at radius 2 is 1.80 bits per heavy atom. The molecule has 2 aliphatic carbocycles. The highest BCUT2D eigenvalue weighted by molar-refractivity contribution is 5.24. The number of rotatable bonds is 2. The molecule has 0 N–H and O–H groups in total. The maximum absolute atomic E-state index is 2.42. The highest BCUT2D eigenvalue weighted by Gasteiger charge is 2.75. The minimum absolute atomic E-state index is 0.812. The molecule has 2 rings (SSSR count). The van der Waals surface area contributed by atoms with E-state index in [-0.39, 0.29) is 0 Å². The standard InChI is InChI=1S/C10H18/c1-4-9(5-2)7-10(9)6-8(10)3/h8H,4-7H2,1-3H3. The van der Waals surface area contributed by atoms with Gasteiger partial charge in [0.05, 0.1) is 0 Å². The first kappa shape index (κ1) is 6.69. The van der Waals surface area contributed by atoms with Gasteiger partial charge in [0.1, 0.15) is 0 Å². The Kier molecular flexibility index (Phi) is 1.07. The molecule has 10 heavy (non-hydrogen) atoms. The molecule has 2 aliphatic rings. The zero-order valence-corrected chi connectivity index (χ0v) is 7.41. The molecule has 0 aromatic heterocycles. The van der Waals surface area contributed by atoms with Gasteiger partial charge in [0.2, 0.25) is 0 Å². The maximum Gasteiger partial charge on any atom is -0.0207 e. The summed E-state index contributed by atoms with van der Waals surface area (Å²) in [7, 11) is 0. The summed E-state index contributed by atoms with van der Waals surface area (Å²) in [5.74, 6) is 1.06. The van der Waals surface area contributed by atoms with Crippen LogP contribution in [0.2, 0.25) is 0 Å². The SMILES string of the molecule is CCC1(CC)CC12CC2C. The molecule has 0 aromatic rings. The first-order valence-corrected chi connectivity index (χ1v) is 4.71. The molecule has 0 heterocycles. The van der Waals surface area contributed by atoms with Crippen molar-refractivity contribution in [2.45, 2.75) is 46.5 Å². The van der Waals surface area contributed by atoms with Gasteiger partial charge in [-0.2, -0.15) is 0 Å². The van der Waals surface area contributed by atoms with Crippen LogP contribution in [0.25, 0.3) is 0 Å². The molecule has 0 saturated heterocycles. The third-order valence-electron chi connectivity index (χ3n) is 4.39. The summed E-state index contributed by atoms with van der Waals surface area (Å²) in [5.41, 5.74) is 1.68. The second kappa shape index (κ2) is 1.60. The van der Waals surface area contributed by atoms with Gasteiger partial charge in [-0.1, -0.05) is 20.8 Å². The van der Waals surface area contributed by atoms with E-state index in [2.05, 4.69) is 20.8 Å². The van der Waals surface area contributed by atoms with Crippen LogP contribution >= 0.6 is 0 Å². The Morgan fingerprint density at radius 1 is 1.30 bits per heavy atom. The van der Waals surface area contributed by atoms with Crippen molar-refractivity contribution >= 4 is 0 Å². The predicted octanol–water partition coefficient (Wildman–Crippen LogP) is 3.22. The number of hydrogen-bond acceptors (Lipinski definition) is 0. The minimum Gasteiger partial charge on any atom is -0.0648 e. The van der Waals surface area contributed by atoms with E-state index >= 15 is 0 Å². The van der Waals surface area contributed by atoms with Crippen LogP contribution in [0.5, 0.6) is 0 Å². The van der Waals surface area contributed by atoms with E-state index in [1.807, 2.05) is 0 Å². The van der Waals surface area contributed by atoms with E-state index in [1.165, 1.54) is 19.3 Å². The molecule has 0 nitrogen and oxygen atoms in total. The Bertz CT molecular complexity index is 155. The summed E-state index contributed by atoms with van der Waals surface area (Å²) in [6.07, 6.45) is 5.94. The van der Waals surface area contributed by atoms with Gasteiger partial charge in [-0.3, -0.25) is 0 Å². The van der Waals surface area contributed by atoms with Crippen LogP contribution < -0.4 is 0 Å². The van der Waals surface area contributed by atoms with Crippen LogP contribution in [-0.2, 0) is 0 Å². The molecule has 2 atom stereocenters. The second-order valence-corrected chi connectivity index (χ2v) is 4.43. The summed E-state index contributed by atoms with van der Waals surface area (Å²) in [6, 6.07) is 0. The first-order chi connectivity index (χ1) is 4.71. The molecule has 0 aromatic carbocycles. The lowest BCUT2D eigenvalue weighted by atomic mass is 9.95. The van der Waals surface area contributed by atoms with E-state index in [0.29, 0.717) is 0 Å². The molecular formula is C10H18. The van der Waals surface area contributed by atoms with Crippen LogP contribution in [-0.4, -0.2) is 0 Å². The van der Waals surface area contributed by atoms with Gasteiger partial charge in [-0.05, 0) is 42.4 Å². The Hall–Kier alpha value is 0. The number of hydrogen-bond donors (Lipinski definition) is 0. The van der Waals surface area contributed by atoms with Crippen molar-refractivity contribution in [2.24, 2.45) is 16.7 Å². The molecule has 58 valence electrons. The molecule has 0 amide bonds. The third kappa shape index (κ3) is 0.500. The van der Waals surface area contributed by atoms with Crippen LogP contribution in [0.3, 0.4) is 0 Å². The Balaban J connectivity index is 2.09. The van der Waals surface area contributed by atoms with Gasteiger partial charge in [-0.15, -0.1) is 0 Å². The van der Waals surface area contributed by atoms with Crippen LogP contribution in [0, 0.1) is 16.7 Å². The molecule has 2 fully saturated rings. The average molecular weight is 138 g/mol. The zero-order valence-electron chi connectivity index (χ0n) is 7.41. The molecule has 2 unspecified atom stereocenters. The quantitative estimate of drug-likeness (QED) is 0.549. The lowest BCUT2D eigenvalue weighted by molar-refractivity contribution is 0.400. The first-order valence-electron chi connectivity index (χ1n) is 4.71. The van der Waals surface area contributed by atoms with Crippen molar-refractivity contribution in [1.82, 2.24) is 0 Å². The van der Waals surface area contributed by atoms with Crippen molar-refractivity contribution in [3.05, 3.63) is 0 Å². The molecular weight excluding hydrogens is 120 g/mol. The van der Waals surface area contributed by atoms with E-state index in [0.717, 1.165) is 16.7 Å². The van der Waals surface area contributed by atoms with Crippen molar-refractivity contribution in [1.29, 1.82) is 0 Å². The Morgan fingerprint density at radius 3 is 1.90 bits per heavy atom. The van der Waals surface area contributed by atoms with Crippen molar-refractivity contribution < 1.29 is 0 Å². The van der Waals surface area contributed by atoms with Crippen molar-refractivity contribution in [3.8, 4) is 0 Å². The summed E-state index contributed by atoms with van der Waals surface area (Å²) >= 11 is 0. The molecule has 0 heteroatoms. The fourth-order valence-corrected chi connectivity index (χ4v) is 3.24. The average Bonchev–Trinajstić information content (AvgIpc) is 2.77. The van der Waals surface area contributed by atoms with Gasteiger partial charge < -0.3 is 0 Å². The zero-order chi connectivity index (χ0) is 7.41. The van der Waals surface area contributed by atoms with Gasteiger partial charge >= 0.3 is 0 Å². The van der Waals surface area contributed by atoms with E-state index in [9.17, 15) is 0 Å². The van der Waals surface area contributed by atoms with E-state index in [1.54, 1.807) is 6.42 Å². The van der Waals surface area contributed by atoms with Gasteiger partial charge in [0.15, 0.2) is 0 Å². The molecule has 2 saturated carbocycles. The summed E-state index contributed by atoms with van der Waals surface area (Å²) in [5, 5.41) is 0. The highest BCUT2D eigenvalue weighted by Crippen LogP contribution is 2.83. The fourth-order valence-electron chi connectivity index (χ4n) is 3.24. The minimum atomic E-state index is 0.812. The fraction of sp³-hybridized carbons (Fsp3) is 1.00. The summed E-state index contributed by atoms with van der Waals surface area (Å²) in [4.78, 5) is 0. The predicted molar refractivity (Wildman–Crippen MR) is 43.8 cm³/mol. The molecule has 0 bridgehead atoms. The van der Waals surface area contributed by atoms with Crippen molar-refractivity contribution in [3.63, 3.8) is 0 Å². The normalized spacial score (nSPS) is 47.7. The Labute approximate surface area is 64.0 Å².